The molecule has 5 nitrogen and oxygen atoms in total. The number of aromatic nitrogens is 1. The number of esters is 1. The van der Waals surface area contributed by atoms with E-state index in [0.717, 1.165) is 16.7 Å². The van der Waals surface area contributed by atoms with Crippen LogP contribution in [0.5, 0.6) is 5.75 Å². The van der Waals surface area contributed by atoms with Gasteiger partial charge < -0.3 is 14.6 Å². The highest BCUT2D eigenvalue weighted by atomic mass is 16.6. The first-order chi connectivity index (χ1) is 10.4. The highest BCUT2D eigenvalue weighted by Crippen LogP contribution is 2.43. The van der Waals surface area contributed by atoms with Crippen LogP contribution >= 0.6 is 0 Å². The SMILES string of the molecule is COC(=O)c1cc2c(nc1C)-c1c(C)cc(C)cc1O[C@H]2O. The lowest BCUT2D eigenvalue weighted by Crippen LogP contribution is -2.18. The Morgan fingerprint density at radius 3 is 2.68 bits per heavy atom. The lowest BCUT2D eigenvalue weighted by Gasteiger charge is -2.27. The monoisotopic (exact) mass is 299 g/mol. The molecule has 0 fully saturated rings. The standard InChI is InChI=1S/C17H17NO4/c1-8-5-9(2)14-13(6-8)22-17(20)12-7-11(16(19)21-4)10(3)18-15(12)14/h5-7,17,20H,1-4H3/t17-/m1/s1. The van der Waals surface area contributed by atoms with Crippen LogP contribution in [0.4, 0.5) is 0 Å². The van der Waals surface area contributed by atoms with Crippen molar-refractivity contribution in [2.24, 2.45) is 0 Å². The van der Waals surface area contributed by atoms with Crippen molar-refractivity contribution in [3.8, 4) is 17.0 Å². The summed E-state index contributed by atoms with van der Waals surface area (Å²) in [5.74, 6) is 0.127. The molecule has 0 radical (unpaired) electrons. The van der Waals surface area contributed by atoms with E-state index >= 15 is 0 Å². The van der Waals surface area contributed by atoms with Crippen molar-refractivity contribution < 1.29 is 19.4 Å². The van der Waals surface area contributed by atoms with E-state index in [0.29, 0.717) is 28.3 Å². The fourth-order valence-electron chi connectivity index (χ4n) is 2.83. The second kappa shape index (κ2) is 5.10. The number of aryl methyl sites for hydroxylation is 3. The molecular weight excluding hydrogens is 282 g/mol. The highest BCUT2D eigenvalue weighted by Gasteiger charge is 2.29. The molecule has 0 spiro atoms. The fourth-order valence-corrected chi connectivity index (χ4v) is 2.83. The normalized spacial score (nSPS) is 15.6. The predicted molar refractivity (Wildman–Crippen MR) is 80.8 cm³/mol. The first-order valence-electron chi connectivity index (χ1n) is 6.98. The molecule has 1 aliphatic rings. The largest absolute Gasteiger partial charge is 0.465 e. The molecule has 1 aromatic heterocycles. The van der Waals surface area contributed by atoms with Crippen LogP contribution in [0.15, 0.2) is 18.2 Å². The third-order valence-electron chi connectivity index (χ3n) is 3.83. The van der Waals surface area contributed by atoms with Crippen LogP contribution in [-0.4, -0.2) is 23.2 Å². The van der Waals surface area contributed by atoms with E-state index in [-0.39, 0.29) is 0 Å². The molecule has 1 N–H and O–H groups in total. The van der Waals surface area contributed by atoms with Crippen LogP contribution in [-0.2, 0) is 4.74 Å². The van der Waals surface area contributed by atoms with Gasteiger partial charge in [0.15, 0.2) is 0 Å². The zero-order valence-electron chi connectivity index (χ0n) is 12.9. The maximum atomic E-state index is 11.8. The Morgan fingerprint density at radius 2 is 2.00 bits per heavy atom. The van der Waals surface area contributed by atoms with Gasteiger partial charge in [0.2, 0.25) is 6.29 Å². The smallest absolute Gasteiger partial charge is 0.339 e. The molecule has 0 bridgehead atoms. The summed E-state index contributed by atoms with van der Waals surface area (Å²) in [6.45, 7) is 5.69. The topological polar surface area (TPSA) is 68.7 Å². The molecule has 0 unspecified atom stereocenters. The van der Waals surface area contributed by atoms with Gasteiger partial charge in [-0.3, -0.25) is 4.98 Å². The molecule has 0 aliphatic carbocycles. The quantitative estimate of drug-likeness (QED) is 0.820. The number of carbonyl (C=O) groups is 1. The molecule has 2 aromatic rings. The van der Waals surface area contributed by atoms with Crippen molar-refractivity contribution in [1.29, 1.82) is 0 Å². The van der Waals surface area contributed by atoms with Crippen LogP contribution in [0.3, 0.4) is 0 Å². The second-order valence-corrected chi connectivity index (χ2v) is 5.48. The Hall–Kier alpha value is -2.40. The molecule has 3 rings (SSSR count). The number of fused-ring (bicyclic) bond motifs is 3. The van der Waals surface area contributed by atoms with Gasteiger partial charge in [0, 0.05) is 11.1 Å². The number of aliphatic hydroxyl groups excluding tert-OH is 1. The van der Waals surface area contributed by atoms with Crippen molar-refractivity contribution in [2.45, 2.75) is 27.1 Å². The Balaban J connectivity index is 2.28. The maximum absolute atomic E-state index is 11.8. The summed E-state index contributed by atoms with van der Waals surface area (Å²) in [4.78, 5) is 16.3. The van der Waals surface area contributed by atoms with E-state index in [4.69, 9.17) is 9.47 Å². The van der Waals surface area contributed by atoms with Gasteiger partial charge >= 0.3 is 5.97 Å². The van der Waals surface area contributed by atoms with Gasteiger partial charge in [-0.25, -0.2) is 4.79 Å². The summed E-state index contributed by atoms with van der Waals surface area (Å²) in [6, 6.07) is 5.50. The average molecular weight is 299 g/mol. The van der Waals surface area contributed by atoms with Crippen LogP contribution in [0.1, 0.15) is 39.0 Å². The molecule has 2 heterocycles. The number of carbonyl (C=O) groups excluding carboxylic acids is 1. The van der Waals surface area contributed by atoms with Gasteiger partial charge in [-0.1, -0.05) is 6.07 Å². The average Bonchev–Trinajstić information content (AvgIpc) is 2.45. The van der Waals surface area contributed by atoms with Gasteiger partial charge in [0.05, 0.1) is 24.1 Å². The lowest BCUT2D eigenvalue weighted by atomic mass is 9.94. The second-order valence-electron chi connectivity index (χ2n) is 5.48. The summed E-state index contributed by atoms with van der Waals surface area (Å²) in [5.41, 5.74) is 4.94. The van der Waals surface area contributed by atoms with E-state index < -0.39 is 12.3 Å². The lowest BCUT2D eigenvalue weighted by molar-refractivity contribution is -0.0217. The van der Waals surface area contributed by atoms with Gasteiger partial charge in [-0.2, -0.15) is 0 Å². The molecule has 5 heteroatoms. The Morgan fingerprint density at radius 1 is 1.27 bits per heavy atom. The molecular formula is C17H17NO4. The minimum atomic E-state index is -1.15. The van der Waals surface area contributed by atoms with E-state index in [9.17, 15) is 9.90 Å². The number of aliphatic hydroxyl groups is 1. The van der Waals surface area contributed by atoms with Crippen LogP contribution < -0.4 is 4.74 Å². The first-order valence-corrected chi connectivity index (χ1v) is 6.98. The van der Waals surface area contributed by atoms with E-state index in [1.807, 2.05) is 26.0 Å². The van der Waals surface area contributed by atoms with E-state index in [1.54, 1.807) is 13.0 Å². The molecule has 1 aromatic carbocycles. The van der Waals surface area contributed by atoms with Crippen molar-refractivity contribution in [3.05, 3.63) is 46.1 Å². The predicted octanol–water partition coefficient (Wildman–Crippen LogP) is 2.84. The van der Waals surface area contributed by atoms with Crippen molar-refractivity contribution >= 4 is 5.97 Å². The summed E-state index contributed by atoms with van der Waals surface area (Å²) < 4.78 is 10.3. The number of hydrogen-bond acceptors (Lipinski definition) is 5. The number of pyridine rings is 1. The summed E-state index contributed by atoms with van der Waals surface area (Å²) >= 11 is 0. The van der Waals surface area contributed by atoms with Crippen molar-refractivity contribution in [1.82, 2.24) is 4.98 Å². The number of hydrogen-bond donors (Lipinski definition) is 1. The minimum Gasteiger partial charge on any atom is -0.465 e. The zero-order chi connectivity index (χ0) is 16.0. The number of ether oxygens (including phenoxy) is 2. The van der Waals surface area contributed by atoms with Gasteiger partial charge in [0.1, 0.15) is 5.75 Å². The van der Waals surface area contributed by atoms with E-state index in [1.165, 1.54) is 7.11 Å². The minimum absolute atomic E-state index is 0.331. The molecule has 114 valence electrons. The van der Waals surface area contributed by atoms with Gasteiger partial charge in [-0.05, 0) is 44.0 Å². The van der Waals surface area contributed by atoms with E-state index in [2.05, 4.69) is 4.98 Å². The molecule has 0 saturated carbocycles. The Bertz CT molecular complexity index is 783. The molecule has 0 saturated heterocycles. The number of rotatable bonds is 1. The highest BCUT2D eigenvalue weighted by molar-refractivity contribution is 5.92. The summed E-state index contributed by atoms with van der Waals surface area (Å²) in [7, 11) is 1.32. The van der Waals surface area contributed by atoms with Gasteiger partial charge in [0.25, 0.3) is 0 Å². The zero-order valence-corrected chi connectivity index (χ0v) is 12.9. The van der Waals surface area contributed by atoms with Crippen LogP contribution in [0, 0.1) is 20.8 Å². The first kappa shape index (κ1) is 14.5. The maximum Gasteiger partial charge on any atom is 0.339 e. The Labute approximate surface area is 128 Å². The number of benzene rings is 1. The molecule has 22 heavy (non-hydrogen) atoms. The molecule has 1 aliphatic heterocycles. The third-order valence-corrected chi connectivity index (χ3v) is 3.83. The molecule has 0 amide bonds. The number of nitrogens with zero attached hydrogens (tertiary/aromatic N) is 1. The number of methoxy groups -OCH3 is 1. The van der Waals surface area contributed by atoms with Crippen molar-refractivity contribution in [2.75, 3.05) is 7.11 Å². The summed E-state index contributed by atoms with van der Waals surface area (Å²) in [5, 5.41) is 10.2. The summed E-state index contributed by atoms with van der Waals surface area (Å²) in [6.07, 6.45) is -1.15. The third kappa shape index (κ3) is 2.14. The molecule has 1 atom stereocenters. The van der Waals surface area contributed by atoms with Crippen LogP contribution in [0.25, 0.3) is 11.3 Å². The Kier molecular flexibility index (Phi) is 3.37. The fraction of sp³-hybridized carbons (Fsp3) is 0.294. The van der Waals surface area contributed by atoms with Crippen molar-refractivity contribution in [3.63, 3.8) is 0 Å². The van der Waals surface area contributed by atoms with Crippen LogP contribution in [0.2, 0.25) is 0 Å². The van der Waals surface area contributed by atoms with Gasteiger partial charge in [-0.15, -0.1) is 0 Å².